The number of amides is 2. The van der Waals surface area contributed by atoms with Crippen molar-refractivity contribution in [2.75, 3.05) is 24.7 Å². The van der Waals surface area contributed by atoms with Gasteiger partial charge in [0.05, 0.1) is 5.92 Å². The molecule has 148 valence electrons. The van der Waals surface area contributed by atoms with Crippen LogP contribution in [0.5, 0.6) is 0 Å². The molecule has 0 spiro atoms. The maximum absolute atomic E-state index is 13.2. The van der Waals surface area contributed by atoms with Gasteiger partial charge in [-0.05, 0) is 60.2 Å². The molecular weight excluding hydrogens is 380 g/mol. The number of nitrogens with one attached hydrogen (secondary N) is 1. The topological polar surface area (TPSA) is 49.4 Å². The zero-order chi connectivity index (χ0) is 20.2. The van der Waals surface area contributed by atoms with Crippen molar-refractivity contribution in [2.45, 2.75) is 17.7 Å². The Morgan fingerprint density at radius 1 is 1.00 bits per heavy atom. The molecule has 4 rings (SSSR count). The molecule has 3 aromatic carbocycles. The number of hydrogen-bond acceptors (Lipinski definition) is 3. The highest BCUT2D eigenvalue weighted by Crippen LogP contribution is 2.25. The first-order valence-corrected chi connectivity index (χ1v) is 11.1. The van der Waals surface area contributed by atoms with Crippen LogP contribution >= 0.6 is 11.8 Å². The van der Waals surface area contributed by atoms with Crippen molar-refractivity contribution in [3.05, 3.63) is 72.3 Å². The summed E-state index contributed by atoms with van der Waals surface area (Å²) in [5.41, 5.74) is 1.50. The Labute approximate surface area is 175 Å². The number of carbonyl (C=O) groups excluding carboxylic acids is 2. The number of carbonyl (C=O) groups is 2. The minimum absolute atomic E-state index is 0.00336. The SMILES string of the molecule is CSc1ccc(NC(=O)C2CCCN(C(=O)c3cccc4ccccc34)C2)cc1. The van der Waals surface area contributed by atoms with Crippen LogP contribution in [0.4, 0.5) is 5.69 Å². The van der Waals surface area contributed by atoms with Gasteiger partial charge in [-0.15, -0.1) is 11.8 Å². The normalized spacial score (nSPS) is 16.6. The Balaban J connectivity index is 1.47. The van der Waals surface area contributed by atoms with Crippen LogP contribution < -0.4 is 5.32 Å². The molecule has 0 saturated carbocycles. The summed E-state index contributed by atoms with van der Waals surface area (Å²) in [6.45, 7) is 1.14. The molecule has 1 heterocycles. The van der Waals surface area contributed by atoms with Gasteiger partial charge in [0.15, 0.2) is 0 Å². The number of likely N-dealkylation sites (tertiary alicyclic amines) is 1. The molecule has 2 amide bonds. The van der Waals surface area contributed by atoms with Gasteiger partial charge in [0.1, 0.15) is 0 Å². The van der Waals surface area contributed by atoms with E-state index in [2.05, 4.69) is 5.32 Å². The largest absolute Gasteiger partial charge is 0.338 e. The number of thioether (sulfide) groups is 1. The molecule has 0 aromatic heterocycles. The minimum Gasteiger partial charge on any atom is -0.338 e. The summed E-state index contributed by atoms with van der Waals surface area (Å²) in [6.07, 6.45) is 3.66. The van der Waals surface area contributed by atoms with Crippen molar-refractivity contribution in [3.63, 3.8) is 0 Å². The molecule has 29 heavy (non-hydrogen) atoms. The van der Waals surface area contributed by atoms with Crippen LogP contribution in [0, 0.1) is 5.92 Å². The van der Waals surface area contributed by atoms with E-state index >= 15 is 0 Å². The monoisotopic (exact) mass is 404 g/mol. The van der Waals surface area contributed by atoms with Gasteiger partial charge in [-0.3, -0.25) is 9.59 Å². The van der Waals surface area contributed by atoms with Crippen LogP contribution in [-0.2, 0) is 4.79 Å². The first-order valence-electron chi connectivity index (χ1n) is 9.87. The first-order chi connectivity index (χ1) is 14.2. The lowest BCUT2D eigenvalue weighted by molar-refractivity contribution is -0.121. The number of nitrogens with zero attached hydrogens (tertiary/aromatic N) is 1. The predicted octanol–water partition coefficient (Wildman–Crippen LogP) is 5.05. The van der Waals surface area contributed by atoms with E-state index in [1.807, 2.05) is 77.9 Å². The highest BCUT2D eigenvalue weighted by atomic mass is 32.2. The highest BCUT2D eigenvalue weighted by Gasteiger charge is 2.29. The van der Waals surface area contributed by atoms with E-state index < -0.39 is 0 Å². The number of piperidine rings is 1. The Morgan fingerprint density at radius 2 is 1.76 bits per heavy atom. The maximum Gasteiger partial charge on any atom is 0.254 e. The summed E-state index contributed by atoms with van der Waals surface area (Å²) in [6, 6.07) is 21.6. The molecule has 0 bridgehead atoms. The molecular formula is C24H24N2O2S. The van der Waals surface area contributed by atoms with Gasteiger partial charge in [-0.1, -0.05) is 36.4 Å². The maximum atomic E-state index is 13.2. The van der Waals surface area contributed by atoms with Crippen LogP contribution in [-0.4, -0.2) is 36.1 Å². The van der Waals surface area contributed by atoms with Crippen molar-refractivity contribution < 1.29 is 9.59 Å². The van der Waals surface area contributed by atoms with Crippen LogP contribution in [0.25, 0.3) is 10.8 Å². The van der Waals surface area contributed by atoms with E-state index in [4.69, 9.17) is 0 Å². The summed E-state index contributed by atoms with van der Waals surface area (Å²) in [5.74, 6) is -0.205. The number of rotatable bonds is 4. The predicted molar refractivity (Wildman–Crippen MR) is 119 cm³/mol. The number of anilines is 1. The Bertz CT molecular complexity index is 1030. The lowest BCUT2D eigenvalue weighted by Crippen LogP contribution is -2.43. The second-order valence-electron chi connectivity index (χ2n) is 7.33. The van der Waals surface area contributed by atoms with Crippen molar-refractivity contribution in [2.24, 2.45) is 5.92 Å². The molecule has 1 N–H and O–H groups in total. The third kappa shape index (κ3) is 4.30. The minimum atomic E-state index is -0.192. The van der Waals surface area contributed by atoms with E-state index in [9.17, 15) is 9.59 Å². The van der Waals surface area contributed by atoms with E-state index in [-0.39, 0.29) is 17.7 Å². The molecule has 1 unspecified atom stereocenters. The molecule has 0 radical (unpaired) electrons. The van der Waals surface area contributed by atoms with Gasteiger partial charge >= 0.3 is 0 Å². The third-order valence-corrected chi connectivity index (χ3v) is 6.20. The van der Waals surface area contributed by atoms with Gasteiger partial charge in [0.2, 0.25) is 5.91 Å². The lowest BCUT2D eigenvalue weighted by atomic mass is 9.95. The molecule has 3 aromatic rings. The van der Waals surface area contributed by atoms with Gasteiger partial charge in [0, 0.05) is 29.2 Å². The molecule has 1 fully saturated rings. The first kappa shape index (κ1) is 19.5. The van der Waals surface area contributed by atoms with Crippen molar-refractivity contribution in [3.8, 4) is 0 Å². The fourth-order valence-electron chi connectivity index (χ4n) is 3.88. The van der Waals surface area contributed by atoms with Gasteiger partial charge < -0.3 is 10.2 Å². The zero-order valence-electron chi connectivity index (χ0n) is 16.4. The van der Waals surface area contributed by atoms with Gasteiger partial charge in [-0.25, -0.2) is 0 Å². The third-order valence-electron chi connectivity index (χ3n) is 5.46. The second kappa shape index (κ2) is 8.70. The van der Waals surface area contributed by atoms with Crippen LogP contribution in [0.3, 0.4) is 0 Å². The van der Waals surface area contributed by atoms with E-state index in [1.165, 1.54) is 0 Å². The Morgan fingerprint density at radius 3 is 2.55 bits per heavy atom. The molecule has 1 aliphatic rings. The van der Waals surface area contributed by atoms with Crippen LogP contribution in [0.2, 0.25) is 0 Å². The molecule has 5 heteroatoms. The summed E-state index contributed by atoms with van der Waals surface area (Å²) in [7, 11) is 0. The van der Waals surface area contributed by atoms with Crippen molar-refractivity contribution in [1.29, 1.82) is 0 Å². The lowest BCUT2D eigenvalue weighted by Gasteiger charge is -2.32. The Kier molecular flexibility index (Phi) is 5.86. The number of benzene rings is 3. The number of hydrogen-bond donors (Lipinski definition) is 1. The van der Waals surface area contributed by atoms with E-state index in [0.29, 0.717) is 18.7 Å². The Hall–Kier alpha value is -2.79. The average molecular weight is 405 g/mol. The summed E-state index contributed by atoms with van der Waals surface area (Å²) in [5, 5.41) is 5.02. The van der Waals surface area contributed by atoms with Crippen molar-refractivity contribution in [1.82, 2.24) is 4.90 Å². The van der Waals surface area contributed by atoms with Gasteiger partial charge in [0.25, 0.3) is 5.91 Å². The highest BCUT2D eigenvalue weighted by molar-refractivity contribution is 7.98. The molecule has 1 aliphatic heterocycles. The quantitative estimate of drug-likeness (QED) is 0.619. The summed E-state index contributed by atoms with van der Waals surface area (Å²) >= 11 is 1.67. The van der Waals surface area contributed by atoms with E-state index in [1.54, 1.807) is 11.8 Å². The van der Waals surface area contributed by atoms with Crippen LogP contribution in [0.1, 0.15) is 23.2 Å². The standard InChI is InChI=1S/C24H24N2O2S/c1-29-20-13-11-19(12-14-20)25-23(27)18-8-5-15-26(16-18)24(28)22-10-4-7-17-6-2-3-9-21(17)22/h2-4,6-7,9-14,18H,5,8,15-16H2,1H3,(H,25,27). The smallest absolute Gasteiger partial charge is 0.254 e. The average Bonchev–Trinajstić information content (AvgIpc) is 2.79. The fourth-order valence-corrected chi connectivity index (χ4v) is 4.28. The molecule has 0 aliphatic carbocycles. The number of fused-ring (bicyclic) bond motifs is 1. The summed E-state index contributed by atoms with van der Waals surface area (Å²) in [4.78, 5) is 29.0. The van der Waals surface area contributed by atoms with E-state index in [0.717, 1.165) is 34.2 Å². The summed E-state index contributed by atoms with van der Waals surface area (Å²) < 4.78 is 0. The van der Waals surface area contributed by atoms with Crippen molar-refractivity contribution >= 4 is 40.0 Å². The zero-order valence-corrected chi connectivity index (χ0v) is 17.2. The molecule has 4 nitrogen and oxygen atoms in total. The molecule has 1 saturated heterocycles. The second-order valence-corrected chi connectivity index (χ2v) is 8.21. The molecule has 1 atom stereocenters. The van der Waals surface area contributed by atoms with Gasteiger partial charge in [-0.2, -0.15) is 0 Å². The fraction of sp³-hybridized carbons (Fsp3) is 0.250. The van der Waals surface area contributed by atoms with Crippen LogP contribution in [0.15, 0.2) is 71.6 Å².